The van der Waals surface area contributed by atoms with E-state index in [1.165, 1.54) is 55.3 Å². The summed E-state index contributed by atoms with van der Waals surface area (Å²) in [4.78, 5) is 0. The minimum atomic E-state index is 1.11. The summed E-state index contributed by atoms with van der Waals surface area (Å²) in [6.07, 6.45) is 6.81. The molecule has 0 bridgehead atoms. The van der Waals surface area contributed by atoms with Crippen LogP contribution >= 0.6 is 0 Å². The Labute approximate surface area is 195 Å². The van der Waals surface area contributed by atoms with E-state index in [9.17, 15) is 0 Å². The van der Waals surface area contributed by atoms with Crippen molar-refractivity contribution in [2.45, 2.75) is 39.5 Å². The van der Waals surface area contributed by atoms with Gasteiger partial charge < -0.3 is 0 Å². The molecule has 6 aromatic rings. The molecule has 0 radical (unpaired) electrons. The molecule has 0 aliphatic carbocycles. The Morgan fingerprint density at radius 1 is 0.636 bits per heavy atom. The monoisotopic (exact) mass is 429 g/mol. The van der Waals surface area contributed by atoms with E-state index in [1.807, 2.05) is 0 Å². The van der Waals surface area contributed by atoms with Gasteiger partial charge >= 0.3 is 0 Å². The molecule has 33 heavy (non-hydrogen) atoms. The average Bonchev–Trinajstić information content (AvgIpc) is 3.31. The van der Waals surface area contributed by atoms with Crippen LogP contribution in [0.15, 0.2) is 91.1 Å². The number of para-hydroxylation sites is 1. The van der Waals surface area contributed by atoms with Crippen molar-refractivity contribution in [2.24, 2.45) is 0 Å². The molecule has 162 valence electrons. The smallest absolute Gasteiger partial charge is 0.114 e. The lowest BCUT2D eigenvalue weighted by molar-refractivity contribution is -0.600. The molecule has 0 unspecified atom stereocenters. The summed E-state index contributed by atoms with van der Waals surface area (Å²) >= 11 is 0. The van der Waals surface area contributed by atoms with Crippen LogP contribution < -0.4 is 4.52 Å². The van der Waals surface area contributed by atoms with Crippen LogP contribution in [0.25, 0.3) is 44.2 Å². The van der Waals surface area contributed by atoms with Crippen LogP contribution in [0.2, 0.25) is 0 Å². The van der Waals surface area contributed by atoms with Crippen LogP contribution in [0.4, 0.5) is 0 Å². The second-order valence-electron chi connectivity index (χ2n) is 8.97. The number of pyridine rings is 1. The maximum atomic E-state index is 2.48. The molecule has 0 fully saturated rings. The number of hydrogen-bond donors (Lipinski definition) is 0. The molecule has 0 aliphatic rings. The number of nitrogens with zero attached hydrogens (tertiary/aromatic N) is 2. The number of benzene rings is 3. The average molecular weight is 430 g/mol. The molecular weight excluding hydrogens is 400 g/mol. The van der Waals surface area contributed by atoms with E-state index in [0.717, 1.165) is 25.7 Å². The lowest BCUT2D eigenvalue weighted by Gasteiger charge is -2.18. The molecule has 3 heterocycles. The zero-order chi connectivity index (χ0) is 22.4. The SMILES string of the molecule is CCCc1c(CCC)c2cc[n+]3c(-c4ccccc4)c(-c4ccccc4)c4cccc1c4n23. The number of hydrogen-bond acceptors (Lipinski definition) is 0. The van der Waals surface area contributed by atoms with Crippen molar-refractivity contribution in [1.29, 1.82) is 0 Å². The fourth-order valence-corrected chi connectivity index (χ4v) is 5.64. The zero-order valence-corrected chi connectivity index (χ0v) is 19.4. The van der Waals surface area contributed by atoms with Crippen molar-refractivity contribution < 1.29 is 4.52 Å². The lowest BCUT2D eigenvalue weighted by Crippen LogP contribution is -2.32. The first-order chi connectivity index (χ1) is 16.3. The number of aryl methyl sites for hydroxylation is 2. The van der Waals surface area contributed by atoms with Crippen molar-refractivity contribution in [3.05, 3.63) is 102 Å². The fraction of sp³-hybridized carbons (Fsp3) is 0.194. The van der Waals surface area contributed by atoms with Crippen LogP contribution in [-0.4, -0.2) is 4.52 Å². The van der Waals surface area contributed by atoms with E-state index in [-0.39, 0.29) is 0 Å². The number of aromatic nitrogens is 2. The van der Waals surface area contributed by atoms with Gasteiger partial charge in [-0.1, -0.05) is 97.9 Å². The zero-order valence-electron chi connectivity index (χ0n) is 19.4. The molecule has 0 spiro atoms. The second-order valence-corrected chi connectivity index (χ2v) is 8.97. The van der Waals surface area contributed by atoms with Crippen molar-refractivity contribution in [2.75, 3.05) is 0 Å². The summed E-state index contributed by atoms with van der Waals surface area (Å²) in [6.45, 7) is 4.58. The summed E-state index contributed by atoms with van der Waals surface area (Å²) < 4.78 is 4.86. The van der Waals surface area contributed by atoms with E-state index in [2.05, 4.69) is 114 Å². The molecule has 0 saturated heterocycles. The van der Waals surface area contributed by atoms with E-state index < -0.39 is 0 Å². The van der Waals surface area contributed by atoms with Gasteiger partial charge in [-0.2, -0.15) is 0 Å². The molecule has 3 aromatic carbocycles. The van der Waals surface area contributed by atoms with Gasteiger partial charge in [-0.05, 0) is 41.7 Å². The Morgan fingerprint density at radius 3 is 1.97 bits per heavy atom. The molecule has 0 aliphatic heterocycles. The van der Waals surface area contributed by atoms with Gasteiger partial charge in [0, 0.05) is 22.4 Å². The molecule has 0 amide bonds. The second kappa shape index (κ2) is 8.04. The van der Waals surface area contributed by atoms with Crippen LogP contribution in [0, 0.1) is 0 Å². The van der Waals surface area contributed by atoms with Gasteiger partial charge in [0.15, 0.2) is 0 Å². The van der Waals surface area contributed by atoms with Gasteiger partial charge in [0.25, 0.3) is 5.69 Å². The standard InChI is InChI=1S/C31H29N2/c1-3-12-24-25(13-4-2)28-20-21-32-30(23-16-9-6-10-17-23)29(22-14-7-5-8-15-22)27-19-11-18-26(24)31(27)33(28)32/h5-11,14-21H,3-4,12-13H2,1-2H3/q+1. The highest BCUT2D eigenvalue weighted by Crippen LogP contribution is 2.40. The molecule has 0 atom stereocenters. The van der Waals surface area contributed by atoms with E-state index >= 15 is 0 Å². The maximum Gasteiger partial charge on any atom is 0.251 e. The Bertz CT molecular complexity index is 1560. The van der Waals surface area contributed by atoms with Gasteiger partial charge in [-0.25, -0.2) is 0 Å². The maximum absolute atomic E-state index is 2.48. The predicted molar refractivity (Wildman–Crippen MR) is 138 cm³/mol. The molecule has 6 rings (SSSR count). The first-order valence-corrected chi connectivity index (χ1v) is 12.2. The van der Waals surface area contributed by atoms with E-state index in [0.29, 0.717) is 0 Å². The van der Waals surface area contributed by atoms with Crippen LogP contribution in [0.3, 0.4) is 0 Å². The van der Waals surface area contributed by atoms with Crippen molar-refractivity contribution in [3.8, 4) is 22.4 Å². The van der Waals surface area contributed by atoms with Crippen molar-refractivity contribution in [3.63, 3.8) is 0 Å². The van der Waals surface area contributed by atoms with Crippen LogP contribution in [-0.2, 0) is 12.8 Å². The largest absolute Gasteiger partial charge is 0.251 e. The summed E-state index contributed by atoms with van der Waals surface area (Å²) in [6, 6.07) is 30.9. The van der Waals surface area contributed by atoms with Crippen LogP contribution in [0.5, 0.6) is 0 Å². The highest BCUT2D eigenvalue weighted by atomic mass is 15.3. The molecule has 3 aromatic heterocycles. The topological polar surface area (TPSA) is 8.51 Å². The third-order valence-corrected chi connectivity index (χ3v) is 6.91. The van der Waals surface area contributed by atoms with E-state index in [1.54, 1.807) is 0 Å². The first kappa shape index (κ1) is 20.0. The Hall–Kier alpha value is -3.65. The van der Waals surface area contributed by atoms with E-state index in [4.69, 9.17) is 0 Å². The summed E-state index contributed by atoms with van der Waals surface area (Å²) in [7, 11) is 0. The minimum absolute atomic E-state index is 1.11. The summed E-state index contributed by atoms with van der Waals surface area (Å²) in [5.74, 6) is 0. The third kappa shape index (κ3) is 2.97. The third-order valence-electron chi connectivity index (χ3n) is 6.91. The molecule has 0 N–H and O–H groups in total. The molecule has 2 heteroatoms. The quantitative estimate of drug-likeness (QED) is 0.242. The minimum Gasteiger partial charge on any atom is -0.114 e. The highest BCUT2D eigenvalue weighted by Gasteiger charge is 2.29. The van der Waals surface area contributed by atoms with Gasteiger partial charge in [-0.15, -0.1) is 4.52 Å². The van der Waals surface area contributed by atoms with Gasteiger partial charge in [0.05, 0.1) is 5.56 Å². The molecule has 2 nitrogen and oxygen atoms in total. The fourth-order valence-electron chi connectivity index (χ4n) is 5.64. The predicted octanol–water partition coefficient (Wildman–Crippen LogP) is 7.51. The molecular formula is C31H29N2+. The lowest BCUT2D eigenvalue weighted by atomic mass is 9.91. The van der Waals surface area contributed by atoms with Crippen LogP contribution in [0.1, 0.15) is 37.8 Å². The Balaban J connectivity index is 1.88. The van der Waals surface area contributed by atoms with Gasteiger partial charge in [0.1, 0.15) is 11.0 Å². The Morgan fingerprint density at radius 2 is 1.27 bits per heavy atom. The van der Waals surface area contributed by atoms with Gasteiger partial charge in [0.2, 0.25) is 6.20 Å². The highest BCUT2D eigenvalue weighted by molar-refractivity contribution is 6.08. The van der Waals surface area contributed by atoms with Crippen molar-refractivity contribution >= 4 is 21.8 Å². The summed E-state index contributed by atoms with van der Waals surface area (Å²) in [5, 5.41) is 2.72. The number of rotatable bonds is 6. The van der Waals surface area contributed by atoms with Crippen molar-refractivity contribution in [1.82, 2.24) is 4.52 Å². The molecule has 0 saturated carbocycles. The first-order valence-electron chi connectivity index (χ1n) is 12.2. The van der Waals surface area contributed by atoms with Gasteiger partial charge in [-0.3, -0.25) is 0 Å². The summed E-state index contributed by atoms with van der Waals surface area (Å²) in [5.41, 5.74) is 10.8. The Kier molecular flexibility index (Phi) is 4.87. The normalized spacial score (nSPS) is 11.8.